The highest BCUT2D eigenvalue weighted by molar-refractivity contribution is 5.96. The first-order chi connectivity index (χ1) is 14.6. The predicted molar refractivity (Wildman–Crippen MR) is 115 cm³/mol. The molecule has 2 aromatic rings. The fraction of sp³-hybridized carbons (Fsp3) is 0.391. The highest BCUT2D eigenvalue weighted by Crippen LogP contribution is 2.28. The first kappa shape index (κ1) is 21.8. The Bertz CT molecular complexity index is 864. The molecule has 1 fully saturated rings. The van der Waals surface area contributed by atoms with E-state index in [0.717, 1.165) is 32.0 Å². The van der Waals surface area contributed by atoms with Crippen molar-refractivity contribution in [3.8, 4) is 11.5 Å². The molecule has 0 bridgehead atoms. The number of carbonyl (C=O) groups excluding carboxylic acids is 1. The number of benzene rings is 2. The first-order valence-electron chi connectivity index (χ1n) is 10.3. The molecule has 0 saturated carbocycles. The molecular weight excluding hydrogens is 382 g/mol. The minimum absolute atomic E-state index is 0.0604. The Morgan fingerprint density at radius 2 is 1.90 bits per heavy atom. The van der Waals surface area contributed by atoms with Gasteiger partial charge in [0.1, 0.15) is 13.1 Å². The lowest BCUT2D eigenvalue weighted by Crippen LogP contribution is -3.15. The average Bonchev–Trinajstić information content (AvgIpc) is 2.79. The van der Waals surface area contributed by atoms with E-state index in [9.17, 15) is 4.79 Å². The molecule has 1 aliphatic rings. The third-order valence-corrected chi connectivity index (χ3v) is 5.15. The standard InChI is InChI=1S/C23H29N3O4/c1-4-30-20-11-10-19(16-21(20)28-3)23(27)25-24-17(2)22(18-8-6-5-7-9-18)26-12-14-29-15-13-26/h5-11,16,22H,4,12-15H2,1-3H3,(H,25,27)/p+1/b24-17-/t22-/m0/s1. The molecule has 2 aromatic carbocycles. The van der Waals surface area contributed by atoms with Gasteiger partial charge in [0, 0.05) is 11.1 Å². The lowest BCUT2D eigenvalue weighted by molar-refractivity contribution is -0.928. The maximum Gasteiger partial charge on any atom is 0.271 e. The summed E-state index contributed by atoms with van der Waals surface area (Å²) in [7, 11) is 1.55. The number of hydrogen-bond donors (Lipinski definition) is 2. The summed E-state index contributed by atoms with van der Waals surface area (Å²) in [5.74, 6) is 0.834. The zero-order valence-electron chi connectivity index (χ0n) is 17.8. The smallest absolute Gasteiger partial charge is 0.271 e. The number of methoxy groups -OCH3 is 1. The molecule has 1 atom stereocenters. The van der Waals surface area contributed by atoms with Gasteiger partial charge in [0.05, 0.1) is 32.6 Å². The number of nitrogens with zero attached hydrogens (tertiary/aromatic N) is 1. The number of carbonyl (C=O) groups is 1. The molecular formula is C23H30N3O4+. The molecule has 30 heavy (non-hydrogen) atoms. The number of morpholine rings is 1. The van der Waals surface area contributed by atoms with Crippen LogP contribution in [0.4, 0.5) is 0 Å². The van der Waals surface area contributed by atoms with E-state index in [1.165, 1.54) is 10.5 Å². The van der Waals surface area contributed by atoms with Crippen LogP contribution in [0.2, 0.25) is 0 Å². The van der Waals surface area contributed by atoms with Gasteiger partial charge in [-0.15, -0.1) is 0 Å². The average molecular weight is 413 g/mol. The number of quaternary nitrogens is 1. The van der Waals surface area contributed by atoms with Gasteiger partial charge >= 0.3 is 0 Å². The summed E-state index contributed by atoms with van der Waals surface area (Å²) in [6.07, 6.45) is 0. The summed E-state index contributed by atoms with van der Waals surface area (Å²) < 4.78 is 16.4. The summed E-state index contributed by atoms with van der Waals surface area (Å²) in [5.41, 5.74) is 5.18. The highest BCUT2D eigenvalue weighted by Gasteiger charge is 2.29. The molecule has 1 amide bonds. The van der Waals surface area contributed by atoms with Gasteiger partial charge in [0.2, 0.25) is 0 Å². The van der Waals surface area contributed by atoms with Crippen molar-refractivity contribution in [2.75, 3.05) is 40.0 Å². The Labute approximate surface area is 177 Å². The number of hydrazone groups is 1. The second-order valence-corrected chi connectivity index (χ2v) is 7.11. The van der Waals surface area contributed by atoms with E-state index >= 15 is 0 Å². The summed E-state index contributed by atoms with van der Waals surface area (Å²) in [6, 6.07) is 15.4. The van der Waals surface area contributed by atoms with E-state index in [-0.39, 0.29) is 11.9 Å². The van der Waals surface area contributed by atoms with Gasteiger partial charge in [0.15, 0.2) is 17.5 Å². The second-order valence-electron chi connectivity index (χ2n) is 7.11. The van der Waals surface area contributed by atoms with E-state index in [4.69, 9.17) is 14.2 Å². The van der Waals surface area contributed by atoms with Gasteiger partial charge in [-0.3, -0.25) is 4.79 Å². The van der Waals surface area contributed by atoms with E-state index in [1.807, 2.05) is 32.0 Å². The molecule has 0 aliphatic carbocycles. The van der Waals surface area contributed by atoms with Crippen LogP contribution < -0.4 is 19.8 Å². The van der Waals surface area contributed by atoms with Crippen LogP contribution in [0.1, 0.15) is 35.8 Å². The lowest BCUT2D eigenvalue weighted by atomic mass is 10.0. The molecule has 7 heteroatoms. The summed E-state index contributed by atoms with van der Waals surface area (Å²) in [6.45, 7) is 7.63. The van der Waals surface area contributed by atoms with Crippen LogP contribution in [0.25, 0.3) is 0 Å². The van der Waals surface area contributed by atoms with Gasteiger partial charge < -0.3 is 19.1 Å². The zero-order valence-corrected chi connectivity index (χ0v) is 17.8. The van der Waals surface area contributed by atoms with E-state index in [2.05, 4.69) is 22.7 Å². The van der Waals surface area contributed by atoms with Crippen molar-refractivity contribution < 1.29 is 23.9 Å². The van der Waals surface area contributed by atoms with Crippen molar-refractivity contribution in [3.63, 3.8) is 0 Å². The first-order valence-corrected chi connectivity index (χ1v) is 10.3. The van der Waals surface area contributed by atoms with Crippen LogP contribution in [-0.2, 0) is 4.74 Å². The van der Waals surface area contributed by atoms with E-state index in [0.29, 0.717) is 23.7 Å². The van der Waals surface area contributed by atoms with Crippen LogP contribution in [-0.4, -0.2) is 51.6 Å². The van der Waals surface area contributed by atoms with Crippen LogP contribution in [0.15, 0.2) is 53.6 Å². The number of amides is 1. The molecule has 0 aromatic heterocycles. The van der Waals surface area contributed by atoms with Crippen LogP contribution in [0.3, 0.4) is 0 Å². The Morgan fingerprint density at radius 3 is 2.57 bits per heavy atom. The minimum Gasteiger partial charge on any atom is -0.493 e. The monoisotopic (exact) mass is 412 g/mol. The van der Waals surface area contributed by atoms with Crippen LogP contribution in [0, 0.1) is 0 Å². The Balaban J connectivity index is 1.77. The highest BCUT2D eigenvalue weighted by atomic mass is 16.5. The maximum absolute atomic E-state index is 12.7. The third-order valence-electron chi connectivity index (χ3n) is 5.15. The predicted octanol–water partition coefficient (Wildman–Crippen LogP) is 1.86. The summed E-state index contributed by atoms with van der Waals surface area (Å²) in [5, 5.41) is 4.45. The molecule has 0 spiro atoms. The van der Waals surface area contributed by atoms with Crippen molar-refractivity contribution in [2.24, 2.45) is 5.10 Å². The maximum atomic E-state index is 12.7. The van der Waals surface area contributed by atoms with Gasteiger partial charge in [-0.2, -0.15) is 5.10 Å². The minimum atomic E-state index is -0.292. The Kier molecular flexibility index (Phi) is 7.82. The molecule has 160 valence electrons. The molecule has 1 aliphatic heterocycles. The molecule has 0 unspecified atom stereocenters. The SMILES string of the molecule is CCOc1ccc(C(=O)N/N=C(/C)[C@@H](c2ccccc2)[NH+]2CCOCC2)cc1OC. The fourth-order valence-electron chi connectivity index (χ4n) is 3.69. The zero-order chi connectivity index (χ0) is 21.3. The van der Waals surface area contributed by atoms with Gasteiger partial charge in [-0.1, -0.05) is 30.3 Å². The molecule has 1 saturated heterocycles. The van der Waals surface area contributed by atoms with Crippen molar-refractivity contribution in [3.05, 3.63) is 59.7 Å². The van der Waals surface area contributed by atoms with Crippen LogP contribution >= 0.6 is 0 Å². The van der Waals surface area contributed by atoms with Crippen molar-refractivity contribution in [1.82, 2.24) is 5.43 Å². The largest absolute Gasteiger partial charge is 0.493 e. The number of rotatable bonds is 8. The van der Waals surface area contributed by atoms with Crippen LogP contribution in [0.5, 0.6) is 11.5 Å². The quantitative estimate of drug-likeness (QED) is 0.513. The Hall–Kier alpha value is -2.90. The molecule has 2 N–H and O–H groups in total. The number of ether oxygens (including phenoxy) is 3. The van der Waals surface area contributed by atoms with E-state index < -0.39 is 0 Å². The summed E-state index contributed by atoms with van der Waals surface area (Å²) >= 11 is 0. The van der Waals surface area contributed by atoms with Crippen molar-refractivity contribution in [2.45, 2.75) is 19.9 Å². The second kappa shape index (κ2) is 10.8. The molecule has 1 heterocycles. The van der Waals surface area contributed by atoms with Crippen molar-refractivity contribution in [1.29, 1.82) is 0 Å². The lowest BCUT2D eigenvalue weighted by Gasteiger charge is -2.31. The topological polar surface area (TPSA) is 73.6 Å². The molecule has 3 rings (SSSR count). The van der Waals surface area contributed by atoms with Gasteiger partial charge in [-0.25, -0.2) is 5.43 Å². The molecule has 0 radical (unpaired) electrons. The normalized spacial score (nSPS) is 16.0. The van der Waals surface area contributed by atoms with E-state index in [1.54, 1.807) is 25.3 Å². The van der Waals surface area contributed by atoms with Gasteiger partial charge in [-0.05, 0) is 32.0 Å². The van der Waals surface area contributed by atoms with Gasteiger partial charge in [0.25, 0.3) is 5.91 Å². The third kappa shape index (κ3) is 5.37. The number of hydrogen-bond acceptors (Lipinski definition) is 5. The van der Waals surface area contributed by atoms with Crippen molar-refractivity contribution >= 4 is 11.6 Å². The number of nitrogens with one attached hydrogen (secondary N) is 2. The summed E-state index contributed by atoms with van der Waals surface area (Å²) in [4.78, 5) is 14.1. The molecule has 7 nitrogen and oxygen atoms in total. The fourth-order valence-corrected chi connectivity index (χ4v) is 3.69. The Morgan fingerprint density at radius 1 is 1.17 bits per heavy atom.